The minimum Gasteiger partial charge on any atom is -0.305 e. The van der Waals surface area contributed by atoms with E-state index in [-0.39, 0.29) is 0 Å². The van der Waals surface area contributed by atoms with Gasteiger partial charge in [0.25, 0.3) is 0 Å². The predicted molar refractivity (Wildman–Crippen MR) is 173 cm³/mol. The van der Waals surface area contributed by atoms with Crippen LogP contribution in [0.5, 0.6) is 0 Å². The number of pyridine rings is 1. The molecule has 7 rings (SSSR count). The van der Waals surface area contributed by atoms with E-state index in [0.717, 1.165) is 41.2 Å². The summed E-state index contributed by atoms with van der Waals surface area (Å²) in [5, 5.41) is 2.91. The molecule has 202 valence electrons. The van der Waals surface area contributed by atoms with Gasteiger partial charge in [-0.2, -0.15) is 0 Å². The van der Waals surface area contributed by atoms with E-state index in [2.05, 4.69) is 145 Å². The quantitative estimate of drug-likeness (QED) is 0.211. The van der Waals surface area contributed by atoms with E-state index < -0.39 is 8.07 Å². The molecule has 7 aromatic rings. The molecule has 0 spiro atoms. The van der Waals surface area contributed by atoms with Gasteiger partial charge in [-0.05, 0) is 72.1 Å². The molecule has 0 fully saturated rings. The molecule has 0 saturated heterocycles. The van der Waals surface area contributed by atoms with Crippen LogP contribution < -0.4 is 10.4 Å². The van der Waals surface area contributed by atoms with Crippen molar-refractivity contribution in [2.45, 2.75) is 39.9 Å². The fourth-order valence-electron chi connectivity index (χ4n) is 6.28. The van der Waals surface area contributed by atoms with Crippen LogP contribution in [0, 0.1) is 13.8 Å². The lowest BCUT2D eigenvalue weighted by Gasteiger charge is -2.27. The topological polar surface area (TPSA) is 35.1 Å². The largest absolute Gasteiger partial charge is 0.305 e. The molecule has 0 aliphatic carbocycles. The first kappa shape index (κ1) is 25.5. The summed E-state index contributed by atoms with van der Waals surface area (Å²) in [5.74, 6) is 0.991. The van der Waals surface area contributed by atoms with E-state index in [0.29, 0.717) is 0 Å². The number of benzene rings is 4. The molecule has 3 aromatic heterocycles. The van der Waals surface area contributed by atoms with Crippen LogP contribution in [0.25, 0.3) is 27.8 Å². The lowest BCUT2D eigenvalue weighted by Crippen LogP contribution is -2.54. The highest BCUT2D eigenvalue weighted by atomic mass is 28.3. The minimum atomic E-state index is -2.03. The standard InChI is InChI=1S/C36H34N4Si/c1-25-17-20-33-34(21-25)40-32-16-9-8-15-31(32)38-36(40)39(33)24-28-19-18-27(22-29-12-10-11-26(2)37-29)23-35(28)41(3,4)30-13-6-5-7-14-30/h5-21,23H,22,24H2,1-4H3. The van der Waals surface area contributed by atoms with Crippen LogP contribution >= 0.6 is 0 Å². The summed E-state index contributed by atoms with van der Waals surface area (Å²) < 4.78 is 4.74. The van der Waals surface area contributed by atoms with Gasteiger partial charge in [-0.15, -0.1) is 0 Å². The first-order chi connectivity index (χ1) is 19.9. The Hall–Kier alpha value is -4.48. The highest BCUT2D eigenvalue weighted by molar-refractivity contribution is 7.00. The van der Waals surface area contributed by atoms with Gasteiger partial charge in [0, 0.05) is 17.8 Å². The molecule has 0 saturated carbocycles. The molecular weight excluding hydrogens is 517 g/mol. The molecule has 3 heterocycles. The summed E-state index contributed by atoms with van der Waals surface area (Å²) in [4.78, 5) is 9.93. The summed E-state index contributed by atoms with van der Waals surface area (Å²) in [6, 6.07) is 39.7. The molecule has 0 N–H and O–H groups in total. The van der Waals surface area contributed by atoms with E-state index in [1.165, 1.54) is 38.1 Å². The normalized spacial score (nSPS) is 12.1. The SMILES string of the molecule is Cc1ccc2c(c1)n1c3ccccc3nc1n2Cc1ccc(Cc2cccc(C)n2)cc1[Si](C)(C)c1ccccc1. The fraction of sp³-hybridized carbons (Fsp3) is 0.167. The van der Waals surface area contributed by atoms with Crippen molar-refractivity contribution in [3.63, 3.8) is 0 Å². The average Bonchev–Trinajstić information content (AvgIpc) is 3.49. The van der Waals surface area contributed by atoms with Crippen LogP contribution in [0.3, 0.4) is 0 Å². The number of aryl methyl sites for hydroxylation is 2. The van der Waals surface area contributed by atoms with Crippen molar-refractivity contribution in [1.82, 2.24) is 18.9 Å². The number of nitrogens with zero attached hydrogens (tertiary/aromatic N) is 4. The molecule has 0 unspecified atom stereocenters. The highest BCUT2D eigenvalue weighted by Gasteiger charge is 2.29. The second-order valence-corrected chi connectivity index (χ2v) is 16.1. The Bertz CT molecular complexity index is 2050. The number of fused-ring (bicyclic) bond motifs is 5. The van der Waals surface area contributed by atoms with E-state index in [9.17, 15) is 0 Å². The third-order valence-electron chi connectivity index (χ3n) is 8.45. The van der Waals surface area contributed by atoms with Crippen LogP contribution in [-0.2, 0) is 13.0 Å². The van der Waals surface area contributed by atoms with Gasteiger partial charge in [0.2, 0.25) is 5.78 Å². The maximum absolute atomic E-state index is 5.14. The highest BCUT2D eigenvalue weighted by Crippen LogP contribution is 2.28. The average molecular weight is 551 g/mol. The smallest absolute Gasteiger partial charge is 0.216 e. The monoisotopic (exact) mass is 550 g/mol. The lowest BCUT2D eigenvalue weighted by molar-refractivity contribution is 0.850. The Morgan fingerprint density at radius 2 is 1.49 bits per heavy atom. The summed E-state index contributed by atoms with van der Waals surface area (Å²) in [5.41, 5.74) is 10.7. The van der Waals surface area contributed by atoms with E-state index in [1.54, 1.807) is 0 Å². The number of para-hydroxylation sites is 2. The molecule has 4 aromatic carbocycles. The van der Waals surface area contributed by atoms with Crippen molar-refractivity contribution >= 4 is 46.3 Å². The Kier molecular flexibility index (Phi) is 6.13. The molecule has 0 radical (unpaired) electrons. The summed E-state index contributed by atoms with van der Waals surface area (Å²) in [6.07, 6.45) is 0.829. The third kappa shape index (κ3) is 4.47. The summed E-state index contributed by atoms with van der Waals surface area (Å²) in [7, 11) is -2.03. The second-order valence-electron chi connectivity index (χ2n) is 11.7. The Balaban J connectivity index is 1.41. The van der Waals surface area contributed by atoms with Crippen molar-refractivity contribution in [1.29, 1.82) is 0 Å². The van der Waals surface area contributed by atoms with Gasteiger partial charge < -0.3 is 4.57 Å². The zero-order valence-corrected chi connectivity index (χ0v) is 25.1. The molecule has 4 nitrogen and oxygen atoms in total. The van der Waals surface area contributed by atoms with Gasteiger partial charge in [-0.1, -0.05) is 91.1 Å². The molecule has 0 aliphatic heterocycles. The van der Waals surface area contributed by atoms with Crippen molar-refractivity contribution in [3.8, 4) is 0 Å². The van der Waals surface area contributed by atoms with E-state index in [4.69, 9.17) is 9.97 Å². The molecule has 41 heavy (non-hydrogen) atoms. The number of imidazole rings is 2. The zero-order valence-electron chi connectivity index (χ0n) is 24.1. The maximum atomic E-state index is 5.14. The number of rotatable bonds is 6. The lowest BCUT2D eigenvalue weighted by atomic mass is 10.1. The first-order valence-corrected chi connectivity index (χ1v) is 17.3. The number of aromatic nitrogens is 4. The second kappa shape index (κ2) is 9.86. The minimum absolute atomic E-state index is 0.765. The van der Waals surface area contributed by atoms with Crippen LogP contribution in [0.15, 0.2) is 109 Å². The van der Waals surface area contributed by atoms with Gasteiger partial charge >= 0.3 is 0 Å². The van der Waals surface area contributed by atoms with Crippen molar-refractivity contribution in [2.24, 2.45) is 0 Å². The van der Waals surface area contributed by atoms with Crippen molar-refractivity contribution in [2.75, 3.05) is 0 Å². The molecule has 0 aliphatic rings. The zero-order chi connectivity index (χ0) is 28.1. The summed E-state index contributed by atoms with van der Waals surface area (Å²) >= 11 is 0. The van der Waals surface area contributed by atoms with Gasteiger partial charge in [-0.25, -0.2) is 4.98 Å². The molecular formula is C36H34N4Si. The number of hydrogen-bond donors (Lipinski definition) is 0. The molecule has 5 heteroatoms. The Labute approximate surface area is 242 Å². The molecule has 0 atom stereocenters. The van der Waals surface area contributed by atoms with Crippen LogP contribution in [0.4, 0.5) is 0 Å². The summed E-state index contributed by atoms with van der Waals surface area (Å²) in [6.45, 7) is 9.95. The molecule has 0 bridgehead atoms. The van der Waals surface area contributed by atoms with E-state index >= 15 is 0 Å². The van der Waals surface area contributed by atoms with Crippen LogP contribution in [-0.4, -0.2) is 27.0 Å². The number of hydrogen-bond acceptors (Lipinski definition) is 2. The van der Waals surface area contributed by atoms with Crippen molar-refractivity contribution in [3.05, 3.63) is 137 Å². The van der Waals surface area contributed by atoms with Gasteiger partial charge in [0.15, 0.2) is 0 Å². The van der Waals surface area contributed by atoms with Gasteiger partial charge in [-0.3, -0.25) is 9.38 Å². The third-order valence-corrected chi connectivity index (χ3v) is 12.0. The predicted octanol–water partition coefficient (Wildman–Crippen LogP) is 6.92. The van der Waals surface area contributed by atoms with Crippen LogP contribution in [0.2, 0.25) is 13.1 Å². The fourth-order valence-corrected chi connectivity index (χ4v) is 9.13. The maximum Gasteiger partial charge on any atom is 0.216 e. The van der Waals surface area contributed by atoms with Crippen LogP contribution in [0.1, 0.15) is 28.1 Å². The first-order valence-electron chi connectivity index (χ1n) is 14.3. The van der Waals surface area contributed by atoms with Gasteiger partial charge in [0.05, 0.1) is 28.6 Å². The van der Waals surface area contributed by atoms with Crippen molar-refractivity contribution < 1.29 is 0 Å². The van der Waals surface area contributed by atoms with Gasteiger partial charge in [0.1, 0.15) is 8.07 Å². The molecule has 0 amide bonds. The Morgan fingerprint density at radius 1 is 0.683 bits per heavy atom. The Morgan fingerprint density at radius 3 is 2.32 bits per heavy atom. The van der Waals surface area contributed by atoms with E-state index in [1.807, 2.05) is 0 Å².